The van der Waals surface area contributed by atoms with Crippen LogP contribution in [-0.4, -0.2) is 60.4 Å². The molecule has 11 nitrogen and oxygen atoms in total. The van der Waals surface area contributed by atoms with Crippen molar-refractivity contribution in [3.63, 3.8) is 0 Å². The molecule has 1 aliphatic carbocycles. The molecule has 3 heterocycles. The minimum absolute atomic E-state index is 0.0302. The summed E-state index contributed by atoms with van der Waals surface area (Å²) in [5.41, 5.74) is 2.62. The zero-order chi connectivity index (χ0) is 30.4. The first-order valence-corrected chi connectivity index (χ1v) is 15.2. The van der Waals surface area contributed by atoms with Crippen molar-refractivity contribution in [1.29, 1.82) is 0 Å². The van der Waals surface area contributed by atoms with E-state index in [0.717, 1.165) is 12.1 Å². The summed E-state index contributed by atoms with van der Waals surface area (Å²) in [5, 5.41) is 12.1. The molecule has 1 aliphatic heterocycles. The zero-order valence-corrected chi connectivity index (χ0v) is 24.2. The Morgan fingerprint density at radius 2 is 1.79 bits per heavy atom. The number of amides is 2. The Kier molecular flexibility index (Phi) is 7.34. The van der Waals surface area contributed by atoms with Gasteiger partial charge in [0.15, 0.2) is 15.7 Å². The molecule has 1 saturated heterocycles. The highest BCUT2D eigenvalue weighted by molar-refractivity contribution is 7.92. The number of rotatable bonds is 7. The molecule has 2 aliphatic rings. The number of aromatic nitrogens is 4. The van der Waals surface area contributed by atoms with E-state index in [0.29, 0.717) is 54.3 Å². The van der Waals surface area contributed by atoms with Gasteiger partial charge in [0, 0.05) is 29.9 Å². The van der Waals surface area contributed by atoms with Gasteiger partial charge in [-0.3, -0.25) is 5.10 Å². The molecule has 3 N–H and O–H groups in total. The van der Waals surface area contributed by atoms with Crippen LogP contribution >= 0.6 is 0 Å². The molecule has 0 spiro atoms. The number of sulfone groups is 1. The maximum Gasteiger partial charge on any atom is 0.323 e. The second-order valence-corrected chi connectivity index (χ2v) is 13.0. The van der Waals surface area contributed by atoms with Crippen LogP contribution in [0, 0.1) is 18.6 Å². The first-order chi connectivity index (χ1) is 20.6. The van der Waals surface area contributed by atoms with Gasteiger partial charge in [0.25, 0.3) is 0 Å². The summed E-state index contributed by atoms with van der Waals surface area (Å²) in [4.78, 5) is 23.5. The fraction of sp³-hybridized carbons (Fsp3) is 0.310. The molecule has 2 aromatic heterocycles. The molecule has 1 atom stereocenters. The van der Waals surface area contributed by atoms with Gasteiger partial charge in [-0.15, -0.1) is 0 Å². The average molecular weight is 610 g/mol. The number of aryl methyl sites for hydroxylation is 1. The molecule has 224 valence electrons. The average Bonchev–Trinajstić information content (AvgIpc) is 3.71. The molecule has 2 amide bonds. The van der Waals surface area contributed by atoms with Gasteiger partial charge in [0.05, 0.1) is 47.4 Å². The van der Waals surface area contributed by atoms with E-state index in [1.807, 2.05) is 11.8 Å². The summed E-state index contributed by atoms with van der Waals surface area (Å²) < 4.78 is 59.9. The van der Waals surface area contributed by atoms with Crippen LogP contribution in [0.5, 0.6) is 0 Å². The molecule has 1 saturated carbocycles. The molecule has 0 bridgehead atoms. The Balaban J connectivity index is 1.35. The number of urea groups is 1. The van der Waals surface area contributed by atoms with E-state index in [4.69, 9.17) is 14.7 Å². The summed E-state index contributed by atoms with van der Waals surface area (Å²) in [6, 6.07) is 10.3. The standard InChI is InChI=1S/C29H29F2N7O4S/c1-17-16-42-10-9-38(17)26-14-25(29(7-8-29)43(40,41)23-12-20(30)11-21(31)13-23)35-27(36-26)19-3-5-22(6-4-19)33-28(39)34-24-15-32-37-18(24)2/h3-6,11-15,17H,7-10,16H2,1-2H3,(H,32,37)(H2,33,34,39)/t17-/m0/s1. The van der Waals surface area contributed by atoms with E-state index in [2.05, 4.69) is 20.8 Å². The highest BCUT2D eigenvalue weighted by Gasteiger charge is 2.58. The Bertz CT molecular complexity index is 1770. The number of nitrogens with one attached hydrogen (secondary N) is 3. The summed E-state index contributed by atoms with van der Waals surface area (Å²) in [7, 11) is -4.20. The first kappa shape index (κ1) is 28.7. The lowest BCUT2D eigenvalue weighted by atomic mass is 10.1. The molecule has 2 fully saturated rings. The predicted octanol–water partition coefficient (Wildman–Crippen LogP) is 4.79. The highest BCUT2D eigenvalue weighted by atomic mass is 32.2. The third-order valence-corrected chi connectivity index (χ3v) is 10.2. The Labute approximate surface area is 246 Å². The fourth-order valence-corrected chi connectivity index (χ4v) is 7.17. The number of ether oxygens (including phenoxy) is 1. The molecule has 0 radical (unpaired) electrons. The van der Waals surface area contributed by atoms with Gasteiger partial charge in [-0.25, -0.2) is 32.0 Å². The van der Waals surface area contributed by atoms with Crippen LogP contribution < -0.4 is 15.5 Å². The highest BCUT2D eigenvalue weighted by Crippen LogP contribution is 2.55. The summed E-state index contributed by atoms with van der Waals surface area (Å²) in [5.74, 6) is -1.13. The van der Waals surface area contributed by atoms with E-state index in [9.17, 15) is 22.0 Å². The first-order valence-electron chi connectivity index (χ1n) is 13.7. The molecule has 4 aromatic rings. The Morgan fingerprint density at radius 1 is 1.07 bits per heavy atom. The van der Waals surface area contributed by atoms with Gasteiger partial charge >= 0.3 is 6.03 Å². The van der Waals surface area contributed by atoms with Crippen molar-refractivity contribution in [2.75, 3.05) is 35.3 Å². The van der Waals surface area contributed by atoms with Gasteiger partial charge in [-0.05, 0) is 63.1 Å². The van der Waals surface area contributed by atoms with E-state index in [1.165, 1.54) is 6.20 Å². The number of hydrogen-bond acceptors (Lipinski definition) is 8. The van der Waals surface area contributed by atoms with Gasteiger partial charge in [-0.2, -0.15) is 5.10 Å². The Morgan fingerprint density at radius 3 is 2.42 bits per heavy atom. The number of morpholine rings is 1. The maximum atomic E-state index is 14.0. The number of carbonyl (C=O) groups excluding carboxylic acids is 1. The second kappa shape index (κ2) is 11.0. The molecule has 43 heavy (non-hydrogen) atoms. The topological polar surface area (TPSA) is 142 Å². The molecule has 0 unspecified atom stereocenters. The lowest BCUT2D eigenvalue weighted by molar-refractivity contribution is 0.0985. The van der Waals surface area contributed by atoms with Crippen molar-refractivity contribution in [1.82, 2.24) is 20.2 Å². The molecule has 14 heteroatoms. The van der Waals surface area contributed by atoms with Crippen molar-refractivity contribution in [3.05, 3.63) is 77.8 Å². The van der Waals surface area contributed by atoms with Crippen molar-refractivity contribution < 1.29 is 26.7 Å². The lowest BCUT2D eigenvalue weighted by Gasteiger charge is -2.34. The zero-order valence-electron chi connectivity index (χ0n) is 23.4. The minimum Gasteiger partial charge on any atom is -0.377 e. The molecular formula is C29H29F2N7O4S. The third-order valence-electron chi connectivity index (χ3n) is 7.69. The van der Waals surface area contributed by atoms with Crippen LogP contribution in [0.25, 0.3) is 11.4 Å². The SMILES string of the molecule is Cc1[nH]ncc1NC(=O)Nc1ccc(-c2nc(N3CCOC[C@@H]3C)cc(C3(S(=O)(=O)c4cc(F)cc(F)c4)CC3)n2)cc1. The number of hydrogen-bond donors (Lipinski definition) is 3. The number of halogens is 2. The van der Waals surface area contributed by atoms with E-state index >= 15 is 0 Å². The van der Waals surface area contributed by atoms with Crippen LogP contribution in [0.2, 0.25) is 0 Å². The maximum absolute atomic E-state index is 14.0. The van der Waals surface area contributed by atoms with Crippen LogP contribution in [0.3, 0.4) is 0 Å². The number of carbonyl (C=O) groups is 1. The van der Waals surface area contributed by atoms with Gasteiger partial charge < -0.3 is 20.3 Å². The van der Waals surface area contributed by atoms with Crippen LogP contribution in [0.1, 0.15) is 31.2 Å². The summed E-state index contributed by atoms with van der Waals surface area (Å²) in [6.07, 6.45) is 2.00. The quantitative estimate of drug-likeness (QED) is 0.272. The third kappa shape index (κ3) is 5.55. The van der Waals surface area contributed by atoms with Crippen molar-refractivity contribution in [3.8, 4) is 11.4 Å². The number of aromatic amines is 1. The minimum atomic E-state index is -4.20. The van der Waals surface area contributed by atoms with Crippen LogP contribution in [-0.2, 0) is 19.3 Å². The number of nitrogens with zero attached hydrogens (tertiary/aromatic N) is 4. The van der Waals surface area contributed by atoms with Gasteiger partial charge in [-0.1, -0.05) is 0 Å². The van der Waals surface area contributed by atoms with Gasteiger partial charge in [0.2, 0.25) is 0 Å². The second-order valence-electron chi connectivity index (χ2n) is 10.7. The Hall–Kier alpha value is -4.43. The monoisotopic (exact) mass is 609 g/mol. The van der Waals surface area contributed by atoms with E-state index < -0.39 is 37.1 Å². The van der Waals surface area contributed by atoms with Crippen molar-refractivity contribution in [2.24, 2.45) is 0 Å². The van der Waals surface area contributed by atoms with Crippen molar-refractivity contribution >= 4 is 33.1 Å². The number of benzene rings is 2. The van der Waals surface area contributed by atoms with Crippen molar-refractivity contribution in [2.45, 2.75) is 42.4 Å². The number of H-pyrrole nitrogens is 1. The predicted molar refractivity (Wildman–Crippen MR) is 156 cm³/mol. The summed E-state index contributed by atoms with van der Waals surface area (Å²) in [6.45, 7) is 5.26. The number of anilines is 3. The largest absolute Gasteiger partial charge is 0.377 e. The van der Waals surface area contributed by atoms with E-state index in [-0.39, 0.29) is 30.4 Å². The van der Waals surface area contributed by atoms with Crippen LogP contribution in [0.4, 0.5) is 30.8 Å². The summed E-state index contributed by atoms with van der Waals surface area (Å²) >= 11 is 0. The van der Waals surface area contributed by atoms with Gasteiger partial charge in [0.1, 0.15) is 22.2 Å². The molecular weight excluding hydrogens is 580 g/mol. The molecule has 2 aromatic carbocycles. The smallest absolute Gasteiger partial charge is 0.323 e. The normalized spacial score (nSPS) is 17.9. The van der Waals surface area contributed by atoms with Crippen LogP contribution in [0.15, 0.2) is 59.6 Å². The lowest BCUT2D eigenvalue weighted by Crippen LogP contribution is -2.44. The van der Waals surface area contributed by atoms with E-state index in [1.54, 1.807) is 37.3 Å². The fourth-order valence-electron chi connectivity index (χ4n) is 5.16. The molecule has 6 rings (SSSR count).